The molecule has 0 aliphatic rings. The highest BCUT2D eigenvalue weighted by Crippen LogP contribution is 2.11. The van der Waals surface area contributed by atoms with Gasteiger partial charge in [-0.25, -0.2) is 4.39 Å². The van der Waals surface area contributed by atoms with E-state index in [-0.39, 0.29) is 11.5 Å². The van der Waals surface area contributed by atoms with Gasteiger partial charge in [-0.05, 0) is 40.1 Å². The number of likely N-dealkylation sites (N-methyl/N-ethyl adjacent to an activating group) is 1. The van der Waals surface area contributed by atoms with Gasteiger partial charge in [0.15, 0.2) is 4.80 Å². The lowest BCUT2D eigenvalue weighted by atomic mass is 10.2. The number of hydrogen-bond acceptors (Lipinski definition) is 4. The van der Waals surface area contributed by atoms with Crippen LogP contribution < -0.4 is 10.1 Å². The van der Waals surface area contributed by atoms with Gasteiger partial charge >= 0.3 is 0 Å². The number of hydrogen-bond donors (Lipinski definition) is 1. The molecule has 2 amide bonds. The van der Waals surface area contributed by atoms with E-state index in [1.165, 1.54) is 29.5 Å². The third kappa shape index (κ3) is 5.09. The fourth-order valence-electron chi connectivity index (χ4n) is 2.29. The van der Waals surface area contributed by atoms with Gasteiger partial charge in [0.1, 0.15) is 11.9 Å². The molecule has 6 nitrogen and oxygen atoms in total. The molecule has 1 N–H and O–H groups in total. The number of nitrogens with zero attached hydrogens (tertiary/aromatic N) is 3. The van der Waals surface area contributed by atoms with Crippen molar-refractivity contribution < 1.29 is 14.0 Å². The number of carbonyl (C=O) groups excluding carboxylic acids is 2. The summed E-state index contributed by atoms with van der Waals surface area (Å²) in [6.07, 6.45) is 1.77. The van der Waals surface area contributed by atoms with Crippen LogP contribution in [0.15, 0.2) is 35.5 Å². The molecule has 0 saturated heterocycles. The van der Waals surface area contributed by atoms with Crippen LogP contribution in [0.1, 0.15) is 28.2 Å². The van der Waals surface area contributed by atoms with Crippen LogP contribution in [-0.2, 0) is 4.79 Å². The highest BCUT2D eigenvalue weighted by Gasteiger charge is 2.18. The van der Waals surface area contributed by atoms with E-state index < -0.39 is 17.8 Å². The molecule has 26 heavy (non-hydrogen) atoms. The summed E-state index contributed by atoms with van der Waals surface area (Å²) in [6.45, 7) is 4.86. The van der Waals surface area contributed by atoms with Crippen LogP contribution in [0.4, 0.5) is 4.39 Å². The van der Waals surface area contributed by atoms with Crippen LogP contribution in [0.2, 0.25) is 0 Å². The number of carbonyl (C=O) groups is 2. The maximum absolute atomic E-state index is 13.8. The lowest BCUT2D eigenvalue weighted by molar-refractivity contribution is -0.123. The van der Waals surface area contributed by atoms with Crippen LogP contribution >= 0.6 is 11.3 Å². The summed E-state index contributed by atoms with van der Waals surface area (Å²) >= 11 is 1.28. The van der Waals surface area contributed by atoms with E-state index in [4.69, 9.17) is 0 Å². The Bertz CT molecular complexity index is 857. The van der Waals surface area contributed by atoms with Gasteiger partial charge in [-0.2, -0.15) is 4.99 Å². The molecule has 0 saturated carbocycles. The number of nitrogens with one attached hydrogen (secondary N) is 1. The Labute approximate surface area is 156 Å². The third-order valence-corrected chi connectivity index (χ3v) is 4.66. The molecule has 0 fully saturated rings. The molecule has 8 heteroatoms. The monoisotopic (exact) mass is 378 g/mol. The maximum atomic E-state index is 13.8. The molecular weight excluding hydrogens is 355 g/mol. The fourth-order valence-corrected chi connectivity index (χ4v) is 3.19. The molecule has 1 heterocycles. The van der Waals surface area contributed by atoms with E-state index in [1.807, 2.05) is 25.9 Å². The van der Waals surface area contributed by atoms with E-state index >= 15 is 0 Å². The Morgan fingerprint density at radius 2 is 2.04 bits per heavy atom. The highest BCUT2D eigenvalue weighted by molar-refractivity contribution is 7.09. The SMILES string of the molecule is Cc1cn([C@@H](C)C(=O)NCCN(C)C)c(=NC(=O)c2ccccc2F)s1. The zero-order valence-electron chi connectivity index (χ0n) is 15.3. The molecule has 0 aliphatic heterocycles. The number of thiazole rings is 1. The topological polar surface area (TPSA) is 66.7 Å². The molecule has 1 aromatic heterocycles. The largest absolute Gasteiger partial charge is 0.353 e. The zero-order valence-corrected chi connectivity index (χ0v) is 16.1. The van der Waals surface area contributed by atoms with E-state index in [0.717, 1.165) is 11.4 Å². The van der Waals surface area contributed by atoms with Crippen molar-refractivity contribution in [3.05, 3.63) is 51.5 Å². The normalized spacial score (nSPS) is 13.1. The van der Waals surface area contributed by atoms with Gasteiger partial charge in [-0.3, -0.25) is 9.59 Å². The number of aromatic nitrogens is 1. The fraction of sp³-hybridized carbons (Fsp3) is 0.389. The maximum Gasteiger partial charge on any atom is 0.282 e. The van der Waals surface area contributed by atoms with E-state index in [1.54, 1.807) is 23.8 Å². The second-order valence-electron chi connectivity index (χ2n) is 6.20. The lowest BCUT2D eigenvalue weighted by Gasteiger charge is -2.15. The van der Waals surface area contributed by atoms with Gasteiger partial charge < -0.3 is 14.8 Å². The Hall–Kier alpha value is -2.32. The van der Waals surface area contributed by atoms with Gasteiger partial charge in [0.05, 0.1) is 5.56 Å². The summed E-state index contributed by atoms with van der Waals surface area (Å²) in [6, 6.07) is 5.18. The van der Waals surface area contributed by atoms with Gasteiger partial charge in [0.2, 0.25) is 5.91 Å². The van der Waals surface area contributed by atoms with Gasteiger partial charge in [0, 0.05) is 24.2 Å². The summed E-state index contributed by atoms with van der Waals surface area (Å²) in [5.74, 6) is -1.45. The molecule has 0 unspecified atom stereocenters. The first-order valence-electron chi connectivity index (χ1n) is 8.24. The van der Waals surface area contributed by atoms with Crippen molar-refractivity contribution in [3.8, 4) is 0 Å². The van der Waals surface area contributed by atoms with Crippen molar-refractivity contribution in [3.63, 3.8) is 0 Å². The minimum Gasteiger partial charge on any atom is -0.353 e. The molecule has 0 radical (unpaired) electrons. The minimum absolute atomic E-state index is 0.0896. The van der Waals surface area contributed by atoms with Crippen molar-refractivity contribution in [2.45, 2.75) is 19.9 Å². The Kier molecular flexibility index (Phi) is 6.82. The molecule has 2 aromatic rings. The van der Waals surface area contributed by atoms with Crippen LogP contribution in [0, 0.1) is 12.7 Å². The standard InChI is InChI=1S/C18H23FN4O2S/c1-12-11-23(13(2)16(24)20-9-10-22(3)4)18(26-12)21-17(25)14-7-5-6-8-15(14)19/h5-8,11,13H,9-10H2,1-4H3,(H,20,24)/t13-/m0/s1. The van der Waals surface area contributed by atoms with E-state index in [2.05, 4.69) is 10.3 Å². The quantitative estimate of drug-likeness (QED) is 0.836. The average molecular weight is 378 g/mol. The lowest BCUT2D eigenvalue weighted by Crippen LogP contribution is -2.37. The molecule has 1 atom stereocenters. The first-order valence-corrected chi connectivity index (χ1v) is 9.06. The predicted octanol–water partition coefficient (Wildman–Crippen LogP) is 1.98. The first-order chi connectivity index (χ1) is 12.3. The predicted molar refractivity (Wildman–Crippen MR) is 99.6 cm³/mol. The Morgan fingerprint density at radius 1 is 1.35 bits per heavy atom. The van der Waals surface area contributed by atoms with E-state index in [9.17, 15) is 14.0 Å². The smallest absolute Gasteiger partial charge is 0.282 e. The van der Waals surface area contributed by atoms with Crippen LogP contribution in [0.3, 0.4) is 0 Å². The number of aryl methyl sites for hydroxylation is 1. The third-order valence-electron chi connectivity index (χ3n) is 3.75. The van der Waals surface area contributed by atoms with Crippen molar-refractivity contribution >= 4 is 23.2 Å². The van der Waals surface area contributed by atoms with Crippen molar-refractivity contribution in [2.75, 3.05) is 27.2 Å². The summed E-state index contributed by atoms with van der Waals surface area (Å²) in [5.41, 5.74) is -0.0896. The average Bonchev–Trinajstić information content (AvgIpc) is 2.94. The van der Waals surface area contributed by atoms with Crippen LogP contribution in [0.5, 0.6) is 0 Å². The van der Waals surface area contributed by atoms with Crippen LogP contribution in [-0.4, -0.2) is 48.5 Å². The molecule has 0 spiro atoms. The number of halogens is 1. The second kappa shape index (κ2) is 8.86. The molecule has 140 valence electrons. The van der Waals surface area contributed by atoms with Gasteiger partial charge in [-0.15, -0.1) is 11.3 Å². The number of rotatable bonds is 6. The zero-order chi connectivity index (χ0) is 19.3. The summed E-state index contributed by atoms with van der Waals surface area (Å²) in [7, 11) is 3.86. The number of benzene rings is 1. The van der Waals surface area contributed by atoms with Crippen LogP contribution in [0.25, 0.3) is 0 Å². The summed E-state index contributed by atoms with van der Waals surface area (Å²) in [4.78, 5) is 32.0. The summed E-state index contributed by atoms with van der Waals surface area (Å²) in [5, 5.41) is 2.86. The van der Waals surface area contributed by atoms with Crippen molar-refractivity contribution in [1.29, 1.82) is 0 Å². The highest BCUT2D eigenvalue weighted by atomic mass is 32.1. The molecule has 0 aliphatic carbocycles. The first kappa shape index (κ1) is 20.0. The van der Waals surface area contributed by atoms with E-state index in [0.29, 0.717) is 11.3 Å². The minimum atomic E-state index is -0.668. The van der Waals surface area contributed by atoms with Gasteiger partial charge in [-0.1, -0.05) is 12.1 Å². The van der Waals surface area contributed by atoms with Gasteiger partial charge in [0.25, 0.3) is 5.91 Å². The summed E-state index contributed by atoms with van der Waals surface area (Å²) < 4.78 is 15.4. The Morgan fingerprint density at radius 3 is 2.69 bits per heavy atom. The Balaban J connectivity index is 2.25. The molecular formula is C18H23FN4O2S. The van der Waals surface area contributed by atoms with Crippen molar-refractivity contribution in [1.82, 2.24) is 14.8 Å². The second-order valence-corrected chi connectivity index (χ2v) is 7.41. The van der Waals surface area contributed by atoms with Crippen molar-refractivity contribution in [2.24, 2.45) is 4.99 Å². The number of amides is 2. The molecule has 0 bridgehead atoms. The molecule has 2 rings (SSSR count). The molecule has 1 aromatic carbocycles.